The number of benzene rings is 2. The van der Waals surface area contributed by atoms with Gasteiger partial charge in [0.15, 0.2) is 0 Å². The van der Waals surface area contributed by atoms with Crippen molar-refractivity contribution in [2.24, 2.45) is 5.10 Å². The lowest BCUT2D eigenvalue weighted by Gasteiger charge is -2.17. The Labute approximate surface area is 138 Å². The number of halogens is 1. The van der Waals surface area contributed by atoms with Gasteiger partial charge in [-0.25, -0.2) is 9.82 Å². The third-order valence-electron chi connectivity index (χ3n) is 3.39. The van der Waals surface area contributed by atoms with Gasteiger partial charge in [-0.3, -0.25) is 4.79 Å². The monoisotopic (exact) mass is 329 g/mol. The molecule has 0 aliphatic carbocycles. The molecule has 4 nitrogen and oxygen atoms in total. The molecule has 2 aromatic rings. The summed E-state index contributed by atoms with van der Waals surface area (Å²) in [6.45, 7) is 0.131. The van der Waals surface area contributed by atoms with Gasteiger partial charge in [0.25, 0.3) is 5.91 Å². The van der Waals surface area contributed by atoms with E-state index in [1.807, 2.05) is 30.3 Å². The molecule has 0 unspecified atom stereocenters. The van der Waals surface area contributed by atoms with Gasteiger partial charge in [0.1, 0.15) is 5.82 Å². The number of carbonyl (C=O) groups is 1. The average Bonchev–Trinajstić information content (AvgIpc) is 2.59. The number of anilines is 1. The lowest BCUT2D eigenvalue weighted by Crippen LogP contribution is -2.27. The Bertz CT molecular complexity index is 734. The third kappa shape index (κ3) is 4.10. The predicted molar refractivity (Wildman–Crippen MR) is 91.4 cm³/mol. The zero-order chi connectivity index (χ0) is 16.1. The van der Waals surface area contributed by atoms with Crippen LogP contribution in [0.15, 0.2) is 58.5 Å². The lowest BCUT2D eigenvalue weighted by atomic mass is 10.1. The van der Waals surface area contributed by atoms with Crippen molar-refractivity contribution in [3.05, 3.63) is 59.9 Å². The van der Waals surface area contributed by atoms with Gasteiger partial charge < -0.3 is 5.32 Å². The summed E-state index contributed by atoms with van der Waals surface area (Å²) in [6.07, 6.45) is 0.702. The van der Waals surface area contributed by atoms with Gasteiger partial charge in [0.2, 0.25) is 0 Å². The SMILES string of the molecule is O=C(CNc1ccccc1)N/N=C1\CCSc2ccc(F)cc21. The molecule has 0 bridgehead atoms. The number of rotatable bonds is 4. The number of hydrogen-bond donors (Lipinski definition) is 2. The van der Waals surface area contributed by atoms with Crippen LogP contribution in [0.5, 0.6) is 0 Å². The number of fused-ring (bicyclic) bond motifs is 1. The van der Waals surface area contributed by atoms with E-state index < -0.39 is 0 Å². The van der Waals surface area contributed by atoms with E-state index in [4.69, 9.17) is 0 Å². The smallest absolute Gasteiger partial charge is 0.259 e. The molecule has 0 radical (unpaired) electrons. The minimum absolute atomic E-state index is 0.131. The highest BCUT2D eigenvalue weighted by molar-refractivity contribution is 7.99. The standard InChI is InChI=1S/C17H16FN3OS/c18-12-6-7-16-14(10-12)15(8-9-23-16)20-21-17(22)11-19-13-4-2-1-3-5-13/h1-7,10,19H,8-9,11H2,(H,21,22)/b20-15+. The summed E-state index contributed by atoms with van der Waals surface area (Å²) in [6, 6.07) is 14.1. The molecule has 0 saturated heterocycles. The van der Waals surface area contributed by atoms with Gasteiger partial charge in [-0.15, -0.1) is 11.8 Å². The number of nitrogens with one attached hydrogen (secondary N) is 2. The van der Waals surface area contributed by atoms with E-state index in [9.17, 15) is 9.18 Å². The van der Waals surface area contributed by atoms with Crippen LogP contribution in [0.3, 0.4) is 0 Å². The molecule has 1 amide bonds. The Kier molecular flexibility index (Phi) is 4.92. The number of amides is 1. The first kappa shape index (κ1) is 15.6. The number of hydrogen-bond acceptors (Lipinski definition) is 4. The average molecular weight is 329 g/mol. The fourth-order valence-electron chi connectivity index (χ4n) is 2.27. The first-order valence-electron chi connectivity index (χ1n) is 7.29. The molecule has 118 valence electrons. The second kappa shape index (κ2) is 7.28. The fourth-order valence-corrected chi connectivity index (χ4v) is 3.28. The van der Waals surface area contributed by atoms with Gasteiger partial charge >= 0.3 is 0 Å². The molecule has 0 spiro atoms. The van der Waals surface area contributed by atoms with Crippen LogP contribution in [0.2, 0.25) is 0 Å². The van der Waals surface area contributed by atoms with Gasteiger partial charge in [-0.2, -0.15) is 5.10 Å². The maximum absolute atomic E-state index is 13.4. The van der Waals surface area contributed by atoms with Crippen LogP contribution in [0.25, 0.3) is 0 Å². The Morgan fingerprint density at radius 1 is 1.22 bits per heavy atom. The van der Waals surface area contributed by atoms with Crippen LogP contribution in [0.1, 0.15) is 12.0 Å². The van der Waals surface area contributed by atoms with Gasteiger partial charge in [-0.05, 0) is 30.3 Å². The maximum Gasteiger partial charge on any atom is 0.259 e. The quantitative estimate of drug-likeness (QED) is 0.847. The van der Waals surface area contributed by atoms with E-state index in [0.29, 0.717) is 12.1 Å². The second-order valence-electron chi connectivity index (χ2n) is 5.05. The molecule has 6 heteroatoms. The van der Waals surface area contributed by atoms with Crippen LogP contribution in [-0.4, -0.2) is 23.9 Å². The van der Waals surface area contributed by atoms with E-state index in [1.165, 1.54) is 12.1 Å². The zero-order valence-electron chi connectivity index (χ0n) is 12.4. The maximum atomic E-state index is 13.4. The fraction of sp³-hybridized carbons (Fsp3) is 0.176. The molecule has 3 rings (SSSR count). The minimum Gasteiger partial charge on any atom is -0.376 e. The van der Waals surface area contributed by atoms with E-state index in [-0.39, 0.29) is 18.3 Å². The topological polar surface area (TPSA) is 53.5 Å². The van der Waals surface area contributed by atoms with Crippen molar-refractivity contribution in [3.63, 3.8) is 0 Å². The van der Waals surface area contributed by atoms with E-state index >= 15 is 0 Å². The summed E-state index contributed by atoms with van der Waals surface area (Å²) in [4.78, 5) is 12.9. The highest BCUT2D eigenvalue weighted by Crippen LogP contribution is 2.30. The van der Waals surface area contributed by atoms with Crippen molar-refractivity contribution in [1.82, 2.24) is 5.43 Å². The van der Waals surface area contributed by atoms with Crippen molar-refractivity contribution in [2.45, 2.75) is 11.3 Å². The number of para-hydroxylation sites is 1. The first-order chi connectivity index (χ1) is 11.2. The Balaban J connectivity index is 1.62. The molecule has 1 aliphatic rings. The summed E-state index contributed by atoms with van der Waals surface area (Å²) in [7, 11) is 0. The lowest BCUT2D eigenvalue weighted by molar-refractivity contribution is -0.119. The molecule has 2 aromatic carbocycles. The molecule has 0 saturated carbocycles. The number of carbonyl (C=O) groups excluding carboxylic acids is 1. The summed E-state index contributed by atoms with van der Waals surface area (Å²) in [5.41, 5.74) is 4.89. The van der Waals surface area contributed by atoms with Crippen LogP contribution < -0.4 is 10.7 Å². The molecule has 0 aromatic heterocycles. The molecular formula is C17H16FN3OS. The molecule has 1 aliphatic heterocycles. The molecule has 0 atom stereocenters. The first-order valence-corrected chi connectivity index (χ1v) is 8.28. The zero-order valence-corrected chi connectivity index (χ0v) is 13.2. The third-order valence-corrected chi connectivity index (χ3v) is 4.47. The summed E-state index contributed by atoms with van der Waals surface area (Å²) in [5, 5.41) is 7.19. The summed E-state index contributed by atoms with van der Waals surface area (Å²) >= 11 is 1.67. The van der Waals surface area contributed by atoms with E-state index in [0.717, 1.165) is 21.9 Å². The number of nitrogens with zero attached hydrogens (tertiary/aromatic N) is 1. The van der Waals surface area contributed by atoms with Crippen molar-refractivity contribution >= 4 is 29.1 Å². The normalized spacial score (nSPS) is 15.1. The highest BCUT2D eigenvalue weighted by atomic mass is 32.2. The van der Waals surface area contributed by atoms with Crippen LogP contribution in [0, 0.1) is 5.82 Å². The molecule has 0 fully saturated rings. The minimum atomic E-state index is -0.295. The number of hydrazone groups is 1. The van der Waals surface area contributed by atoms with Gasteiger partial charge in [0.05, 0.1) is 12.3 Å². The van der Waals surface area contributed by atoms with E-state index in [1.54, 1.807) is 17.8 Å². The van der Waals surface area contributed by atoms with Gasteiger partial charge in [-0.1, -0.05) is 18.2 Å². The van der Waals surface area contributed by atoms with Gasteiger partial charge in [0, 0.05) is 28.3 Å². The summed E-state index contributed by atoms with van der Waals surface area (Å²) in [5.74, 6) is 0.337. The van der Waals surface area contributed by atoms with Crippen molar-refractivity contribution in [1.29, 1.82) is 0 Å². The molecule has 1 heterocycles. The van der Waals surface area contributed by atoms with Crippen molar-refractivity contribution in [2.75, 3.05) is 17.6 Å². The summed E-state index contributed by atoms with van der Waals surface area (Å²) < 4.78 is 13.4. The second-order valence-corrected chi connectivity index (χ2v) is 6.19. The largest absolute Gasteiger partial charge is 0.376 e. The Morgan fingerprint density at radius 3 is 2.87 bits per heavy atom. The molecule has 23 heavy (non-hydrogen) atoms. The number of thioether (sulfide) groups is 1. The molecule has 2 N–H and O–H groups in total. The molecular weight excluding hydrogens is 313 g/mol. The predicted octanol–water partition coefficient (Wildman–Crippen LogP) is 3.25. The van der Waals surface area contributed by atoms with Crippen LogP contribution in [0.4, 0.5) is 10.1 Å². The Morgan fingerprint density at radius 2 is 2.04 bits per heavy atom. The van der Waals surface area contributed by atoms with Crippen molar-refractivity contribution in [3.8, 4) is 0 Å². The highest BCUT2D eigenvalue weighted by Gasteiger charge is 2.17. The van der Waals surface area contributed by atoms with Crippen molar-refractivity contribution < 1.29 is 9.18 Å². The van der Waals surface area contributed by atoms with E-state index in [2.05, 4.69) is 15.8 Å². The Hall–Kier alpha value is -2.34. The van der Waals surface area contributed by atoms with Crippen LogP contribution in [-0.2, 0) is 4.79 Å². The van der Waals surface area contributed by atoms with Crippen LogP contribution >= 0.6 is 11.8 Å².